The highest BCUT2D eigenvalue weighted by atomic mass is 16.5. The first kappa shape index (κ1) is 16.5. The maximum absolute atomic E-state index is 12.5. The van der Waals surface area contributed by atoms with E-state index in [1.54, 1.807) is 0 Å². The average Bonchev–Trinajstić information content (AvgIpc) is 2.61. The Bertz CT molecular complexity index is 732. The zero-order chi connectivity index (χ0) is 16.9. The minimum Gasteiger partial charge on any atom is -0.481 e. The number of fused-ring (bicyclic) bond motifs is 1. The number of hydrogen-bond acceptors (Lipinski definition) is 3. The predicted octanol–water partition coefficient (Wildman–Crippen LogP) is 2.90. The van der Waals surface area contributed by atoms with Crippen molar-refractivity contribution in [3.8, 4) is 0 Å². The minimum atomic E-state index is -0.937. The van der Waals surface area contributed by atoms with E-state index in [-0.39, 0.29) is 18.2 Å². The quantitative estimate of drug-likeness (QED) is 0.885. The van der Waals surface area contributed by atoms with Gasteiger partial charge in [-0.05, 0) is 29.2 Å². The Labute approximate surface area is 140 Å². The lowest BCUT2D eigenvalue weighted by molar-refractivity contribution is -0.138. The van der Waals surface area contributed by atoms with Crippen molar-refractivity contribution in [1.82, 2.24) is 5.32 Å². The van der Waals surface area contributed by atoms with Crippen molar-refractivity contribution in [3.05, 3.63) is 48.0 Å². The lowest BCUT2D eigenvalue weighted by Crippen LogP contribution is -2.38. The normalized spacial score (nSPS) is 18.9. The van der Waals surface area contributed by atoms with Gasteiger partial charge < -0.3 is 15.2 Å². The molecule has 24 heavy (non-hydrogen) atoms. The first-order valence-electron chi connectivity index (χ1n) is 8.22. The monoisotopic (exact) mass is 327 g/mol. The van der Waals surface area contributed by atoms with Gasteiger partial charge >= 0.3 is 5.97 Å². The maximum atomic E-state index is 12.5. The van der Waals surface area contributed by atoms with Crippen LogP contribution in [0.2, 0.25) is 0 Å². The van der Waals surface area contributed by atoms with Crippen molar-refractivity contribution in [2.45, 2.75) is 25.3 Å². The third-order valence-corrected chi connectivity index (χ3v) is 4.43. The molecule has 5 nitrogen and oxygen atoms in total. The molecule has 3 rings (SSSR count). The molecular weight excluding hydrogens is 306 g/mol. The zero-order valence-corrected chi connectivity index (χ0v) is 13.4. The molecule has 1 amide bonds. The van der Waals surface area contributed by atoms with Crippen LogP contribution in [0.5, 0.6) is 0 Å². The number of hydrogen-bond donors (Lipinski definition) is 2. The molecule has 0 radical (unpaired) electrons. The van der Waals surface area contributed by atoms with Crippen molar-refractivity contribution in [2.75, 3.05) is 13.2 Å². The van der Waals surface area contributed by atoms with E-state index in [1.807, 2.05) is 42.5 Å². The van der Waals surface area contributed by atoms with Gasteiger partial charge in [0.15, 0.2) is 0 Å². The van der Waals surface area contributed by atoms with E-state index in [0.717, 1.165) is 29.2 Å². The molecule has 2 aromatic carbocycles. The molecule has 0 spiro atoms. The van der Waals surface area contributed by atoms with Gasteiger partial charge in [-0.3, -0.25) is 9.59 Å². The van der Waals surface area contributed by atoms with Crippen molar-refractivity contribution in [3.63, 3.8) is 0 Å². The molecule has 1 heterocycles. The summed E-state index contributed by atoms with van der Waals surface area (Å²) in [6, 6.07) is 13.0. The molecule has 1 aliphatic heterocycles. The van der Waals surface area contributed by atoms with Gasteiger partial charge in [0.1, 0.15) is 0 Å². The van der Waals surface area contributed by atoms with E-state index in [9.17, 15) is 14.7 Å². The second-order valence-corrected chi connectivity index (χ2v) is 6.14. The minimum absolute atomic E-state index is 0.131. The standard InChI is InChI=1S/C19H21NO4/c21-18(22)11-17(20-19(23)14-7-4-10-24-12-14)16-9-3-6-13-5-1-2-8-15(13)16/h1-3,5-6,8-9,14,17H,4,7,10-12H2,(H,20,23)(H,21,22)/t14?,17-/m1/s1. The molecule has 0 aliphatic carbocycles. The summed E-state index contributed by atoms with van der Waals surface area (Å²) in [6.45, 7) is 1.09. The van der Waals surface area contributed by atoms with Crippen LogP contribution in [0, 0.1) is 5.92 Å². The first-order chi connectivity index (χ1) is 11.6. The Hall–Kier alpha value is -2.40. The summed E-state index contributed by atoms with van der Waals surface area (Å²) in [4.78, 5) is 23.8. The van der Waals surface area contributed by atoms with E-state index < -0.39 is 12.0 Å². The van der Waals surface area contributed by atoms with Crippen LogP contribution in [0.25, 0.3) is 10.8 Å². The van der Waals surface area contributed by atoms with Crippen LogP contribution < -0.4 is 5.32 Å². The predicted molar refractivity (Wildman–Crippen MR) is 90.6 cm³/mol. The fraction of sp³-hybridized carbons (Fsp3) is 0.368. The molecule has 0 aromatic heterocycles. The van der Waals surface area contributed by atoms with Crippen LogP contribution in [-0.4, -0.2) is 30.2 Å². The highest BCUT2D eigenvalue weighted by molar-refractivity contribution is 5.88. The second kappa shape index (κ2) is 7.45. The zero-order valence-electron chi connectivity index (χ0n) is 13.4. The number of rotatable bonds is 5. The fourth-order valence-corrected chi connectivity index (χ4v) is 3.20. The molecule has 126 valence electrons. The number of aliphatic carboxylic acids is 1. The third kappa shape index (κ3) is 3.74. The van der Waals surface area contributed by atoms with E-state index in [4.69, 9.17) is 4.74 Å². The molecule has 1 unspecified atom stereocenters. The summed E-state index contributed by atoms with van der Waals surface area (Å²) in [7, 11) is 0. The van der Waals surface area contributed by atoms with Gasteiger partial charge in [-0.1, -0.05) is 42.5 Å². The molecule has 2 N–H and O–H groups in total. The maximum Gasteiger partial charge on any atom is 0.305 e. The Morgan fingerprint density at radius 2 is 2.00 bits per heavy atom. The van der Waals surface area contributed by atoms with E-state index in [1.165, 1.54) is 0 Å². The first-order valence-corrected chi connectivity index (χ1v) is 8.22. The van der Waals surface area contributed by atoms with Crippen LogP contribution in [0.4, 0.5) is 0 Å². The second-order valence-electron chi connectivity index (χ2n) is 6.14. The molecule has 2 atom stereocenters. The van der Waals surface area contributed by atoms with Gasteiger partial charge in [0, 0.05) is 6.61 Å². The highest BCUT2D eigenvalue weighted by Gasteiger charge is 2.26. The van der Waals surface area contributed by atoms with Crippen LogP contribution >= 0.6 is 0 Å². The molecule has 2 aromatic rings. The lowest BCUT2D eigenvalue weighted by Gasteiger charge is -2.25. The number of carboxylic acid groups (broad SMARTS) is 1. The number of carbonyl (C=O) groups is 2. The molecule has 0 bridgehead atoms. The van der Waals surface area contributed by atoms with Gasteiger partial charge in [-0.15, -0.1) is 0 Å². The van der Waals surface area contributed by atoms with Crippen LogP contribution in [0.15, 0.2) is 42.5 Å². The molecule has 1 aliphatic rings. The van der Waals surface area contributed by atoms with Gasteiger partial charge in [0.25, 0.3) is 0 Å². The van der Waals surface area contributed by atoms with Crippen molar-refractivity contribution in [2.24, 2.45) is 5.92 Å². The average molecular weight is 327 g/mol. The number of benzene rings is 2. The van der Waals surface area contributed by atoms with E-state index in [2.05, 4.69) is 5.32 Å². The number of carbonyl (C=O) groups excluding carboxylic acids is 1. The van der Waals surface area contributed by atoms with Crippen LogP contribution in [-0.2, 0) is 14.3 Å². The Kier molecular flexibility index (Phi) is 5.11. The Balaban J connectivity index is 1.88. The van der Waals surface area contributed by atoms with Crippen LogP contribution in [0.1, 0.15) is 30.9 Å². The number of ether oxygens (including phenoxy) is 1. The van der Waals surface area contributed by atoms with Crippen molar-refractivity contribution >= 4 is 22.6 Å². The molecular formula is C19H21NO4. The molecule has 5 heteroatoms. The van der Waals surface area contributed by atoms with E-state index in [0.29, 0.717) is 13.2 Å². The fourth-order valence-electron chi connectivity index (χ4n) is 3.20. The number of carboxylic acids is 1. The van der Waals surface area contributed by atoms with Crippen LogP contribution in [0.3, 0.4) is 0 Å². The molecule has 1 saturated heterocycles. The molecule has 0 saturated carbocycles. The summed E-state index contributed by atoms with van der Waals surface area (Å²) in [5.74, 6) is -1.27. The highest BCUT2D eigenvalue weighted by Crippen LogP contribution is 2.27. The topological polar surface area (TPSA) is 75.6 Å². The van der Waals surface area contributed by atoms with Gasteiger partial charge in [-0.2, -0.15) is 0 Å². The SMILES string of the molecule is O=C(O)C[C@@H](NC(=O)C1CCCOC1)c1cccc2ccccc12. The largest absolute Gasteiger partial charge is 0.481 e. The summed E-state index contributed by atoms with van der Waals surface area (Å²) in [5.41, 5.74) is 0.834. The van der Waals surface area contributed by atoms with Crippen molar-refractivity contribution in [1.29, 1.82) is 0 Å². The summed E-state index contributed by atoms with van der Waals surface area (Å²) in [6.07, 6.45) is 1.49. The van der Waals surface area contributed by atoms with Gasteiger partial charge in [0.2, 0.25) is 5.91 Å². The lowest BCUT2D eigenvalue weighted by atomic mass is 9.95. The smallest absolute Gasteiger partial charge is 0.305 e. The summed E-state index contributed by atoms with van der Waals surface area (Å²) >= 11 is 0. The Morgan fingerprint density at radius 1 is 1.21 bits per heavy atom. The van der Waals surface area contributed by atoms with Crippen molar-refractivity contribution < 1.29 is 19.4 Å². The summed E-state index contributed by atoms with van der Waals surface area (Å²) in [5, 5.41) is 14.2. The number of nitrogens with one attached hydrogen (secondary N) is 1. The molecule has 1 fully saturated rings. The third-order valence-electron chi connectivity index (χ3n) is 4.43. The Morgan fingerprint density at radius 3 is 2.75 bits per heavy atom. The van der Waals surface area contributed by atoms with Gasteiger partial charge in [-0.25, -0.2) is 0 Å². The van der Waals surface area contributed by atoms with Gasteiger partial charge in [0.05, 0.1) is 25.0 Å². The van der Waals surface area contributed by atoms with E-state index >= 15 is 0 Å². The number of amides is 1. The summed E-state index contributed by atoms with van der Waals surface area (Å²) < 4.78 is 5.36.